The van der Waals surface area contributed by atoms with Crippen LogP contribution in [0.3, 0.4) is 0 Å². The molecule has 0 aliphatic carbocycles. The van der Waals surface area contributed by atoms with Crippen LogP contribution in [0, 0.1) is 21.7 Å². The fraction of sp³-hybridized carbons (Fsp3) is 0.111. The molecule has 1 aliphatic heterocycles. The summed E-state index contributed by atoms with van der Waals surface area (Å²) >= 11 is 5.11. The van der Waals surface area contributed by atoms with Gasteiger partial charge in [-0.05, 0) is 49.0 Å². The van der Waals surface area contributed by atoms with E-state index < -0.39 is 28.5 Å². The van der Waals surface area contributed by atoms with E-state index in [-0.39, 0.29) is 16.4 Å². The van der Waals surface area contributed by atoms with Gasteiger partial charge in [-0.1, -0.05) is 6.07 Å². The number of nitro benzene ring substituents is 1. The van der Waals surface area contributed by atoms with Crippen molar-refractivity contribution < 1.29 is 18.5 Å². The summed E-state index contributed by atoms with van der Waals surface area (Å²) in [7, 11) is 0. The topological polar surface area (TPSA) is 96.3 Å². The fourth-order valence-corrected chi connectivity index (χ4v) is 3.07. The van der Waals surface area contributed by atoms with E-state index in [1.165, 1.54) is 30.3 Å². The number of carbonyl (C=O) groups is 1. The van der Waals surface area contributed by atoms with Crippen molar-refractivity contribution in [3.05, 3.63) is 81.0 Å². The van der Waals surface area contributed by atoms with E-state index in [2.05, 4.69) is 16.0 Å². The minimum absolute atomic E-state index is 0.112. The van der Waals surface area contributed by atoms with Gasteiger partial charge in [0.2, 0.25) is 0 Å². The number of halogens is 2. The molecule has 1 amide bonds. The standard InChI is InChI=1S/C18H14F2N4O3S/c1-9-15(17(25)22-11-3-5-12(6-4-11)24(26)27)16(23-18(28)21-9)10-2-7-13(19)14(20)8-10/h2-8,16H,1H3,(H,22,25)(H2,21,23,28)/t16-/m1/s1. The number of amides is 1. The van der Waals surface area contributed by atoms with Crippen LogP contribution < -0.4 is 16.0 Å². The first-order chi connectivity index (χ1) is 13.3. The Labute approximate surface area is 163 Å². The Morgan fingerprint density at radius 2 is 1.86 bits per heavy atom. The molecule has 28 heavy (non-hydrogen) atoms. The van der Waals surface area contributed by atoms with Gasteiger partial charge in [-0.2, -0.15) is 0 Å². The average Bonchev–Trinajstić information content (AvgIpc) is 2.63. The van der Waals surface area contributed by atoms with Crippen molar-refractivity contribution in [2.75, 3.05) is 5.32 Å². The van der Waals surface area contributed by atoms with E-state index in [0.29, 0.717) is 16.9 Å². The van der Waals surface area contributed by atoms with Crippen LogP contribution >= 0.6 is 12.2 Å². The van der Waals surface area contributed by atoms with Gasteiger partial charge in [0, 0.05) is 23.5 Å². The number of hydrogen-bond acceptors (Lipinski definition) is 4. The van der Waals surface area contributed by atoms with Crippen LogP contribution in [0.1, 0.15) is 18.5 Å². The smallest absolute Gasteiger partial charge is 0.269 e. The van der Waals surface area contributed by atoms with Gasteiger partial charge in [-0.25, -0.2) is 8.78 Å². The van der Waals surface area contributed by atoms with Crippen molar-refractivity contribution in [1.29, 1.82) is 0 Å². The van der Waals surface area contributed by atoms with Crippen LogP contribution in [0.25, 0.3) is 0 Å². The number of non-ortho nitro benzene ring substituents is 1. The minimum atomic E-state index is -1.04. The van der Waals surface area contributed by atoms with E-state index in [1.807, 2.05) is 0 Å². The predicted octanol–water partition coefficient (Wildman–Crippen LogP) is 3.30. The largest absolute Gasteiger partial charge is 0.351 e. The molecule has 1 atom stereocenters. The van der Waals surface area contributed by atoms with Gasteiger partial charge < -0.3 is 16.0 Å². The number of benzene rings is 2. The molecule has 2 aromatic carbocycles. The van der Waals surface area contributed by atoms with Gasteiger partial charge in [-0.3, -0.25) is 14.9 Å². The van der Waals surface area contributed by atoms with Crippen molar-refractivity contribution in [1.82, 2.24) is 10.6 Å². The number of hydrogen-bond donors (Lipinski definition) is 3. The highest BCUT2D eigenvalue weighted by Crippen LogP contribution is 2.29. The molecule has 3 N–H and O–H groups in total. The maximum atomic E-state index is 13.7. The van der Waals surface area contributed by atoms with Crippen LogP contribution in [0.4, 0.5) is 20.2 Å². The molecule has 10 heteroatoms. The summed E-state index contributed by atoms with van der Waals surface area (Å²) in [5, 5.41) is 19.3. The summed E-state index contributed by atoms with van der Waals surface area (Å²) in [6, 6.07) is 7.83. The lowest BCUT2D eigenvalue weighted by molar-refractivity contribution is -0.384. The van der Waals surface area contributed by atoms with Crippen LogP contribution in [-0.4, -0.2) is 15.9 Å². The molecule has 0 unspecified atom stereocenters. The molecule has 0 saturated carbocycles. The molecule has 0 spiro atoms. The van der Waals surface area contributed by atoms with Crippen molar-refractivity contribution >= 4 is 34.6 Å². The molecule has 3 rings (SSSR count). The molecule has 144 valence electrons. The monoisotopic (exact) mass is 404 g/mol. The molecule has 1 heterocycles. The molecule has 0 bridgehead atoms. The van der Waals surface area contributed by atoms with Gasteiger partial charge in [0.15, 0.2) is 16.7 Å². The molecule has 7 nitrogen and oxygen atoms in total. The second kappa shape index (κ2) is 7.69. The number of rotatable bonds is 4. The maximum absolute atomic E-state index is 13.7. The zero-order valence-electron chi connectivity index (χ0n) is 14.5. The third-order valence-corrected chi connectivity index (χ3v) is 4.35. The summed E-state index contributed by atoms with van der Waals surface area (Å²) in [4.78, 5) is 23.0. The first-order valence-electron chi connectivity index (χ1n) is 8.05. The summed E-state index contributed by atoms with van der Waals surface area (Å²) < 4.78 is 27.0. The number of nitrogens with zero attached hydrogens (tertiary/aromatic N) is 1. The summed E-state index contributed by atoms with van der Waals surface area (Å²) in [5.41, 5.74) is 1.21. The number of thiocarbonyl (C=S) groups is 1. The summed E-state index contributed by atoms with van der Waals surface area (Å²) in [6.07, 6.45) is 0. The SMILES string of the molecule is CC1=C(C(=O)Nc2ccc([N+](=O)[O-])cc2)[C@@H](c2ccc(F)c(F)c2)NC(=S)N1. The molecule has 0 radical (unpaired) electrons. The first kappa shape index (κ1) is 19.4. The van der Waals surface area contributed by atoms with E-state index in [1.54, 1.807) is 6.92 Å². The summed E-state index contributed by atoms with van der Waals surface area (Å²) in [5.74, 6) is -2.57. The van der Waals surface area contributed by atoms with Crippen LogP contribution in [0.15, 0.2) is 53.7 Å². The third kappa shape index (κ3) is 3.96. The van der Waals surface area contributed by atoms with E-state index in [4.69, 9.17) is 12.2 Å². The maximum Gasteiger partial charge on any atom is 0.269 e. The number of carbonyl (C=O) groups excluding carboxylic acids is 1. The lowest BCUT2D eigenvalue weighted by Gasteiger charge is -2.30. The van der Waals surface area contributed by atoms with Gasteiger partial charge >= 0.3 is 0 Å². The third-order valence-electron chi connectivity index (χ3n) is 4.13. The lowest BCUT2D eigenvalue weighted by atomic mass is 9.94. The number of anilines is 1. The van der Waals surface area contributed by atoms with Crippen molar-refractivity contribution in [3.8, 4) is 0 Å². The highest BCUT2D eigenvalue weighted by Gasteiger charge is 2.30. The Balaban J connectivity index is 1.92. The second-order valence-corrected chi connectivity index (χ2v) is 6.41. The zero-order valence-corrected chi connectivity index (χ0v) is 15.3. The van der Waals surface area contributed by atoms with Crippen LogP contribution in [-0.2, 0) is 4.79 Å². The highest BCUT2D eigenvalue weighted by atomic mass is 32.1. The van der Waals surface area contributed by atoms with Crippen molar-refractivity contribution in [2.24, 2.45) is 0 Å². The Morgan fingerprint density at radius 1 is 1.18 bits per heavy atom. The average molecular weight is 404 g/mol. The molecule has 0 fully saturated rings. The van der Waals surface area contributed by atoms with E-state index in [9.17, 15) is 23.7 Å². The Kier molecular flexibility index (Phi) is 5.32. The number of nitrogens with one attached hydrogen (secondary N) is 3. The second-order valence-electron chi connectivity index (χ2n) is 6.00. The predicted molar refractivity (Wildman–Crippen MR) is 102 cm³/mol. The number of allylic oxidation sites excluding steroid dienone is 1. The Bertz CT molecular complexity index is 1010. The van der Waals surface area contributed by atoms with Gasteiger partial charge in [-0.15, -0.1) is 0 Å². The minimum Gasteiger partial charge on any atom is -0.351 e. The van der Waals surface area contributed by atoms with Crippen LogP contribution in [0.5, 0.6) is 0 Å². The van der Waals surface area contributed by atoms with E-state index in [0.717, 1.165) is 12.1 Å². The molecule has 0 saturated heterocycles. The lowest BCUT2D eigenvalue weighted by Crippen LogP contribution is -2.45. The molecular formula is C18H14F2N4O3S. The van der Waals surface area contributed by atoms with Crippen molar-refractivity contribution in [2.45, 2.75) is 13.0 Å². The first-order valence-corrected chi connectivity index (χ1v) is 8.46. The fourth-order valence-electron chi connectivity index (χ4n) is 2.80. The van der Waals surface area contributed by atoms with Gasteiger partial charge in [0.25, 0.3) is 11.6 Å². The molecule has 1 aliphatic rings. The molecule has 2 aromatic rings. The molecular weight excluding hydrogens is 390 g/mol. The van der Waals surface area contributed by atoms with Gasteiger partial charge in [0.05, 0.1) is 16.5 Å². The van der Waals surface area contributed by atoms with Crippen LogP contribution in [0.2, 0.25) is 0 Å². The highest BCUT2D eigenvalue weighted by molar-refractivity contribution is 7.80. The van der Waals surface area contributed by atoms with Gasteiger partial charge in [0.1, 0.15) is 0 Å². The van der Waals surface area contributed by atoms with Crippen molar-refractivity contribution in [3.63, 3.8) is 0 Å². The Hall–Kier alpha value is -3.40. The molecule has 0 aromatic heterocycles. The quantitative estimate of drug-likeness (QED) is 0.411. The Morgan fingerprint density at radius 3 is 2.46 bits per heavy atom. The normalized spacial score (nSPS) is 16.2. The zero-order chi connectivity index (χ0) is 20.4. The summed E-state index contributed by atoms with van der Waals surface area (Å²) in [6.45, 7) is 1.63. The number of nitro groups is 1. The van der Waals surface area contributed by atoms with E-state index >= 15 is 0 Å².